The van der Waals surface area contributed by atoms with Gasteiger partial charge < -0.3 is 10.2 Å². The van der Waals surface area contributed by atoms with Crippen molar-refractivity contribution in [1.29, 1.82) is 0 Å². The molecule has 7 nitrogen and oxygen atoms in total. The molecule has 29 heavy (non-hydrogen) atoms. The molecule has 0 unspecified atom stereocenters. The summed E-state index contributed by atoms with van der Waals surface area (Å²) in [7, 11) is -3.69. The van der Waals surface area contributed by atoms with Gasteiger partial charge in [-0.2, -0.15) is 0 Å². The van der Waals surface area contributed by atoms with Gasteiger partial charge in [0, 0.05) is 38.4 Å². The first kappa shape index (κ1) is 21.2. The number of primary sulfonamides is 1. The fourth-order valence-electron chi connectivity index (χ4n) is 3.29. The van der Waals surface area contributed by atoms with Crippen LogP contribution in [0.2, 0.25) is 0 Å². The van der Waals surface area contributed by atoms with E-state index in [-0.39, 0.29) is 16.6 Å². The maximum Gasteiger partial charge on any atom is 0.238 e. The van der Waals surface area contributed by atoms with Crippen molar-refractivity contribution in [3.63, 3.8) is 0 Å². The van der Waals surface area contributed by atoms with Crippen LogP contribution in [0.4, 0.5) is 10.1 Å². The van der Waals surface area contributed by atoms with Gasteiger partial charge in [0.1, 0.15) is 5.82 Å². The lowest BCUT2D eigenvalue weighted by Gasteiger charge is -2.35. The first-order chi connectivity index (χ1) is 13.7. The lowest BCUT2D eigenvalue weighted by Crippen LogP contribution is -2.49. The minimum Gasteiger partial charge on any atom is -0.369 e. The van der Waals surface area contributed by atoms with E-state index in [0.717, 1.165) is 37.4 Å². The number of amides is 1. The summed E-state index contributed by atoms with van der Waals surface area (Å²) in [5.41, 5.74) is 2.35. The molecule has 0 radical (unpaired) electrons. The van der Waals surface area contributed by atoms with Crippen molar-refractivity contribution in [1.82, 2.24) is 10.2 Å². The first-order valence-electron chi connectivity index (χ1n) is 9.34. The molecular formula is C20H25FN4O3S. The number of aryl methyl sites for hydroxylation is 1. The van der Waals surface area contributed by atoms with Gasteiger partial charge in [0.2, 0.25) is 15.9 Å². The van der Waals surface area contributed by atoms with Crippen LogP contribution in [0.15, 0.2) is 47.4 Å². The van der Waals surface area contributed by atoms with Gasteiger partial charge in [-0.3, -0.25) is 9.69 Å². The molecule has 0 aromatic heterocycles. The molecule has 0 aliphatic carbocycles. The molecule has 0 spiro atoms. The molecule has 9 heteroatoms. The molecule has 1 aliphatic rings. The van der Waals surface area contributed by atoms with E-state index < -0.39 is 10.0 Å². The largest absolute Gasteiger partial charge is 0.369 e. The predicted molar refractivity (Wildman–Crippen MR) is 109 cm³/mol. The summed E-state index contributed by atoms with van der Waals surface area (Å²) in [6, 6.07) is 11.3. The van der Waals surface area contributed by atoms with Crippen molar-refractivity contribution >= 4 is 21.6 Å². The Labute approximate surface area is 170 Å². The second-order valence-electron chi connectivity index (χ2n) is 7.16. The normalized spacial score (nSPS) is 15.3. The highest BCUT2D eigenvalue weighted by Crippen LogP contribution is 2.19. The second kappa shape index (κ2) is 8.89. The molecule has 3 N–H and O–H groups in total. The van der Waals surface area contributed by atoms with Crippen molar-refractivity contribution in [2.45, 2.75) is 18.4 Å². The van der Waals surface area contributed by atoms with Gasteiger partial charge in [-0.1, -0.05) is 12.1 Å². The number of anilines is 1. The van der Waals surface area contributed by atoms with Crippen LogP contribution in [0.1, 0.15) is 11.1 Å². The standard InChI is InChI=1S/C20H25FN4O3S/c1-15-12-16(2-7-19(15)21)13-23-20(26)14-24-8-10-25(11-9-24)17-3-5-18(6-4-17)29(22,27)28/h2-7,12H,8-11,13-14H2,1H3,(H,23,26)(H2,22,27,28). The van der Waals surface area contributed by atoms with Gasteiger partial charge >= 0.3 is 0 Å². The van der Waals surface area contributed by atoms with Gasteiger partial charge in [-0.05, 0) is 48.4 Å². The number of nitrogens with zero attached hydrogens (tertiary/aromatic N) is 2. The monoisotopic (exact) mass is 420 g/mol. The first-order valence-corrected chi connectivity index (χ1v) is 10.9. The van der Waals surface area contributed by atoms with Gasteiger partial charge in [-0.25, -0.2) is 17.9 Å². The molecule has 1 saturated heterocycles. The maximum atomic E-state index is 13.3. The number of rotatable bonds is 6. The Bertz CT molecular complexity index is 972. The molecule has 1 fully saturated rings. The summed E-state index contributed by atoms with van der Waals surface area (Å²) >= 11 is 0. The molecule has 1 amide bonds. The molecule has 0 saturated carbocycles. The smallest absolute Gasteiger partial charge is 0.238 e. The van der Waals surface area contributed by atoms with E-state index in [9.17, 15) is 17.6 Å². The second-order valence-corrected chi connectivity index (χ2v) is 8.72. The minimum absolute atomic E-state index is 0.0714. The fraction of sp³-hybridized carbons (Fsp3) is 0.350. The number of sulfonamides is 1. The average molecular weight is 421 g/mol. The Morgan fingerprint density at radius 3 is 2.34 bits per heavy atom. The van der Waals surface area contributed by atoms with Gasteiger partial charge in [0.05, 0.1) is 11.4 Å². The fourth-order valence-corrected chi connectivity index (χ4v) is 3.80. The minimum atomic E-state index is -3.69. The summed E-state index contributed by atoms with van der Waals surface area (Å²) in [6.07, 6.45) is 0. The lowest BCUT2D eigenvalue weighted by molar-refractivity contribution is -0.122. The number of nitrogens with one attached hydrogen (secondary N) is 1. The van der Waals surface area contributed by atoms with E-state index in [1.54, 1.807) is 31.2 Å². The molecule has 156 valence electrons. The summed E-state index contributed by atoms with van der Waals surface area (Å²) in [6.45, 7) is 5.29. The van der Waals surface area contributed by atoms with Gasteiger partial charge in [0.15, 0.2) is 0 Å². The Hall–Kier alpha value is -2.49. The number of piperazine rings is 1. The van der Waals surface area contributed by atoms with Crippen molar-refractivity contribution in [3.05, 3.63) is 59.4 Å². The molecule has 3 rings (SSSR count). The molecule has 1 heterocycles. The van der Waals surface area contributed by atoms with E-state index in [4.69, 9.17) is 5.14 Å². The van der Waals surface area contributed by atoms with E-state index in [0.29, 0.717) is 18.7 Å². The zero-order valence-corrected chi connectivity index (χ0v) is 17.1. The Kier molecular flexibility index (Phi) is 6.51. The predicted octanol–water partition coefficient (Wildman–Crippen LogP) is 1.22. The number of hydrogen-bond acceptors (Lipinski definition) is 5. The highest BCUT2D eigenvalue weighted by Gasteiger charge is 2.19. The zero-order chi connectivity index (χ0) is 21.0. The number of halogens is 1. The zero-order valence-electron chi connectivity index (χ0n) is 16.3. The van der Waals surface area contributed by atoms with Crippen LogP contribution in [0.3, 0.4) is 0 Å². The Morgan fingerprint density at radius 2 is 1.76 bits per heavy atom. The van der Waals surface area contributed by atoms with E-state index in [1.165, 1.54) is 18.2 Å². The number of benzene rings is 2. The Morgan fingerprint density at radius 1 is 1.10 bits per heavy atom. The number of carbonyl (C=O) groups is 1. The molecule has 1 aliphatic heterocycles. The SMILES string of the molecule is Cc1cc(CNC(=O)CN2CCN(c3ccc(S(N)(=O)=O)cc3)CC2)ccc1F. The highest BCUT2D eigenvalue weighted by molar-refractivity contribution is 7.89. The molecule has 0 atom stereocenters. The van der Waals surface area contributed by atoms with Crippen molar-refractivity contribution in [2.75, 3.05) is 37.6 Å². The van der Waals surface area contributed by atoms with Crippen LogP contribution in [0.25, 0.3) is 0 Å². The van der Waals surface area contributed by atoms with Crippen LogP contribution in [0.5, 0.6) is 0 Å². The third-order valence-electron chi connectivity index (χ3n) is 4.98. The van der Waals surface area contributed by atoms with E-state index >= 15 is 0 Å². The highest BCUT2D eigenvalue weighted by atomic mass is 32.2. The van der Waals surface area contributed by atoms with Gasteiger partial charge in [-0.15, -0.1) is 0 Å². The number of hydrogen-bond donors (Lipinski definition) is 2. The van der Waals surface area contributed by atoms with Crippen LogP contribution in [-0.4, -0.2) is 51.9 Å². The topological polar surface area (TPSA) is 95.7 Å². The lowest BCUT2D eigenvalue weighted by atomic mass is 10.1. The van der Waals surface area contributed by atoms with Crippen LogP contribution < -0.4 is 15.4 Å². The van der Waals surface area contributed by atoms with E-state index in [1.807, 2.05) is 0 Å². The third kappa shape index (κ3) is 5.75. The summed E-state index contributed by atoms with van der Waals surface area (Å²) in [5, 5.41) is 7.99. The van der Waals surface area contributed by atoms with Crippen LogP contribution in [-0.2, 0) is 21.4 Å². The van der Waals surface area contributed by atoms with E-state index in [2.05, 4.69) is 15.1 Å². The molecular weight excluding hydrogens is 395 g/mol. The maximum absolute atomic E-state index is 13.3. The van der Waals surface area contributed by atoms with Crippen molar-refractivity contribution in [3.8, 4) is 0 Å². The molecule has 2 aromatic carbocycles. The number of carbonyl (C=O) groups excluding carboxylic acids is 1. The van der Waals surface area contributed by atoms with Crippen molar-refractivity contribution < 1.29 is 17.6 Å². The average Bonchev–Trinajstić information content (AvgIpc) is 2.69. The quantitative estimate of drug-likeness (QED) is 0.733. The molecule has 0 bridgehead atoms. The Balaban J connectivity index is 1.45. The number of nitrogens with two attached hydrogens (primary N) is 1. The molecule has 2 aromatic rings. The summed E-state index contributed by atoms with van der Waals surface area (Å²) < 4.78 is 36.0. The summed E-state index contributed by atoms with van der Waals surface area (Å²) in [4.78, 5) is 16.5. The summed E-state index contributed by atoms with van der Waals surface area (Å²) in [5.74, 6) is -0.324. The van der Waals surface area contributed by atoms with Crippen LogP contribution in [0, 0.1) is 12.7 Å². The third-order valence-corrected chi connectivity index (χ3v) is 5.91. The van der Waals surface area contributed by atoms with Crippen LogP contribution >= 0.6 is 0 Å². The van der Waals surface area contributed by atoms with Crippen molar-refractivity contribution in [2.24, 2.45) is 5.14 Å². The van der Waals surface area contributed by atoms with Gasteiger partial charge in [0.25, 0.3) is 0 Å².